The van der Waals surface area contributed by atoms with Crippen LogP contribution in [-0.4, -0.2) is 49.7 Å². The molecule has 0 aliphatic carbocycles. The molecule has 11 heteroatoms. The lowest BCUT2D eigenvalue weighted by molar-refractivity contribution is -0.438. The molecule has 0 saturated carbocycles. The van der Waals surface area contributed by atoms with Crippen LogP contribution in [0.3, 0.4) is 0 Å². The number of hydrogen-bond donors (Lipinski definition) is 1. The van der Waals surface area contributed by atoms with Gasteiger partial charge in [0.1, 0.15) is 12.1 Å². The number of allylic oxidation sites excluding steroid dienone is 1. The van der Waals surface area contributed by atoms with Crippen LogP contribution in [0.4, 0.5) is 11.4 Å². The van der Waals surface area contributed by atoms with Crippen molar-refractivity contribution in [1.82, 2.24) is 0 Å². The summed E-state index contributed by atoms with van der Waals surface area (Å²) in [4.78, 5) is 12.9. The van der Waals surface area contributed by atoms with Crippen molar-refractivity contribution in [2.45, 2.75) is 38.5 Å². The molecular weight excluding hydrogens is 552 g/mol. The monoisotopic (exact) mass is 580 g/mol. The molecule has 0 radical (unpaired) electrons. The fourth-order valence-corrected chi connectivity index (χ4v) is 6.68. The summed E-state index contributed by atoms with van der Waals surface area (Å²) >= 11 is 0. The lowest BCUT2D eigenvalue weighted by Gasteiger charge is -2.15. The van der Waals surface area contributed by atoms with Gasteiger partial charge in [-0.1, -0.05) is 30.0 Å². The van der Waals surface area contributed by atoms with E-state index in [9.17, 15) is 26.2 Å². The number of benzene rings is 2. The molecule has 0 atom stereocenters. The van der Waals surface area contributed by atoms with Gasteiger partial charge in [0, 0.05) is 41.7 Å². The minimum atomic E-state index is -4.28. The molecule has 0 spiro atoms. The highest BCUT2D eigenvalue weighted by molar-refractivity contribution is 7.92. The van der Waals surface area contributed by atoms with E-state index in [2.05, 4.69) is 35.0 Å². The third kappa shape index (κ3) is 5.75. The topological polar surface area (TPSA) is 137 Å². The molecule has 40 heavy (non-hydrogen) atoms. The van der Waals surface area contributed by atoms with Gasteiger partial charge in [-0.3, -0.25) is 4.72 Å². The SMILES string of the molecule is CC1(C)C(/C=C/c2cc3cc4c(cc3oc2=O)C#CCCS(=O)(=O)N4)=[N+](CCCCS(=O)(=O)[O-])c2ccccc21. The Kier molecular flexibility index (Phi) is 7.20. The van der Waals surface area contributed by atoms with Crippen molar-refractivity contribution in [3.05, 3.63) is 75.7 Å². The highest BCUT2D eigenvalue weighted by Gasteiger charge is 2.43. The van der Waals surface area contributed by atoms with Crippen molar-refractivity contribution in [3.8, 4) is 11.8 Å². The molecule has 208 valence electrons. The summed E-state index contributed by atoms with van der Waals surface area (Å²) in [6.07, 6.45) is 4.46. The second kappa shape index (κ2) is 10.4. The molecule has 0 amide bonds. The van der Waals surface area contributed by atoms with Crippen LogP contribution in [0.25, 0.3) is 17.0 Å². The standard InChI is InChI=1S/C29H28N2O7S2/c1-29(2)23-10-3-4-11-25(23)31(14-6-8-16-40(35,36)37)27(29)13-12-21-17-22-18-24-20(19-26(22)38-28(21)32)9-5-7-15-39(33,34)30-24/h3-4,10-13,17-19,30H,6-8,14-16H2,1-2H3/b13-12+. The van der Waals surface area contributed by atoms with Crippen LogP contribution in [0.1, 0.15) is 49.8 Å². The van der Waals surface area contributed by atoms with Gasteiger partial charge in [-0.05, 0) is 44.5 Å². The zero-order valence-corrected chi connectivity index (χ0v) is 23.7. The van der Waals surface area contributed by atoms with Gasteiger partial charge in [0.15, 0.2) is 5.71 Å². The van der Waals surface area contributed by atoms with Crippen molar-refractivity contribution in [1.29, 1.82) is 0 Å². The van der Waals surface area contributed by atoms with Gasteiger partial charge >= 0.3 is 5.63 Å². The number of fused-ring (bicyclic) bond motifs is 3. The molecule has 0 bridgehead atoms. The van der Waals surface area contributed by atoms with E-state index in [0.717, 1.165) is 17.0 Å². The summed E-state index contributed by atoms with van der Waals surface area (Å²) in [5.74, 6) is 5.25. The van der Waals surface area contributed by atoms with Crippen LogP contribution in [-0.2, 0) is 25.6 Å². The van der Waals surface area contributed by atoms with E-state index in [1.807, 2.05) is 30.3 Å². The van der Waals surface area contributed by atoms with E-state index in [-0.39, 0.29) is 24.2 Å². The molecule has 9 nitrogen and oxygen atoms in total. The van der Waals surface area contributed by atoms with Crippen LogP contribution in [0.2, 0.25) is 0 Å². The average Bonchev–Trinajstić information content (AvgIpc) is 3.08. The third-order valence-corrected chi connectivity index (χ3v) is 9.19. The molecule has 2 aromatic carbocycles. The normalized spacial score (nSPS) is 17.5. The Morgan fingerprint density at radius 3 is 2.70 bits per heavy atom. The fourth-order valence-electron chi connectivity index (χ4n) is 5.15. The summed E-state index contributed by atoms with van der Waals surface area (Å²) in [5, 5.41) is 0.540. The number of rotatable bonds is 7. The lowest BCUT2D eigenvalue weighted by Crippen LogP contribution is -2.28. The van der Waals surface area contributed by atoms with E-state index in [0.29, 0.717) is 35.2 Å². The Hall–Kier alpha value is -3.72. The Balaban J connectivity index is 1.53. The zero-order valence-electron chi connectivity index (χ0n) is 22.1. The fraction of sp³-hybridized carbons (Fsp3) is 0.310. The van der Waals surface area contributed by atoms with Crippen LogP contribution in [0, 0.1) is 11.8 Å². The van der Waals surface area contributed by atoms with Gasteiger partial charge in [0.05, 0.1) is 38.1 Å². The molecule has 1 N–H and O–H groups in total. The van der Waals surface area contributed by atoms with E-state index < -0.39 is 36.9 Å². The first-order valence-electron chi connectivity index (χ1n) is 12.8. The number of unbranched alkanes of at least 4 members (excludes halogenated alkanes) is 1. The Labute approximate surface area is 233 Å². The average molecular weight is 581 g/mol. The molecule has 2 aliphatic heterocycles. The summed E-state index contributed by atoms with van der Waals surface area (Å²) in [6, 6.07) is 12.7. The number of hydrogen-bond acceptors (Lipinski definition) is 7. The maximum Gasteiger partial charge on any atom is 0.343 e. The minimum Gasteiger partial charge on any atom is -0.748 e. The van der Waals surface area contributed by atoms with Crippen LogP contribution in [0.15, 0.2) is 57.8 Å². The zero-order chi connectivity index (χ0) is 28.7. The number of sulfonamides is 1. The van der Waals surface area contributed by atoms with E-state index >= 15 is 0 Å². The van der Waals surface area contributed by atoms with Crippen molar-refractivity contribution in [2.75, 3.05) is 22.8 Å². The van der Waals surface area contributed by atoms with Crippen molar-refractivity contribution < 1.29 is 30.4 Å². The Morgan fingerprint density at radius 1 is 1.15 bits per heavy atom. The van der Waals surface area contributed by atoms with Crippen molar-refractivity contribution in [2.24, 2.45) is 0 Å². The Bertz CT molecular complexity index is 1920. The van der Waals surface area contributed by atoms with Crippen LogP contribution >= 0.6 is 0 Å². The van der Waals surface area contributed by atoms with Gasteiger partial charge < -0.3 is 8.97 Å². The van der Waals surface area contributed by atoms with Crippen molar-refractivity contribution >= 4 is 54.3 Å². The van der Waals surface area contributed by atoms with E-state index in [1.165, 1.54) is 0 Å². The maximum atomic E-state index is 12.9. The lowest BCUT2D eigenvalue weighted by atomic mass is 9.81. The first-order chi connectivity index (χ1) is 18.8. The smallest absolute Gasteiger partial charge is 0.343 e. The molecule has 5 rings (SSSR count). The minimum absolute atomic E-state index is 0.102. The van der Waals surface area contributed by atoms with Crippen LogP contribution in [0.5, 0.6) is 0 Å². The highest BCUT2D eigenvalue weighted by Crippen LogP contribution is 2.40. The molecule has 0 unspecified atom stereocenters. The van der Waals surface area contributed by atoms with Gasteiger partial charge in [-0.2, -0.15) is 4.58 Å². The van der Waals surface area contributed by atoms with Crippen molar-refractivity contribution in [3.63, 3.8) is 0 Å². The molecule has 3 heterocycles. The van der Waals surface area contributed by atoms with Gasteiger partial charge in [-0.25, -0.2) is 21.6 Å². The Morgan fingerprint density at radius 2 is 1.93 bits per heavy atom. The summed E-state index contributed by atoms with van der Waals surface area (Å²) in [7, 11) is -7.83. The van der Waals surface area contributed by atoms with Gasteiger partial charge in [0.25, 0.3) is 0 Å². The summed E-state index contributed by atoms with van der Waals surface area (Å²) < 4.78 is 68.0. The molecule has 2 aliphatic rings. The molecule has 3 aromatic rings. The summed E-state index contributed by atoms with van der Waals surface area (Å²) in [5.41, 5.74) is 3.35. The first kappa shape index (κ1) is 27.8. The largest absolute Gasteiger partial charge is 0.748 e. The van der Waals surface area contributed by atoms with E-state index in [1.54, 1.807) is 24.3 Å². The maximum absolute atomic E-state index is 12.9. The summed E-state index contributed by atoms with van der Waals surface area (Å²) in [6.45, 7) is 4.64. The predicted molar refractivity (Wildman–Crippen MR) is 153 cm³/mol. The third-order valence-electron chi connectivity index (χ3n) is 7.13. The molecule has 0 saturated heterocycles. The molecule has 1 aromatic heterocycles. The molecule has 0 fully saturated rings. The highest BCUT2D eigenvalue weighted by atomic mass is 32.2. The van der Waals surface area contributed by atoms with Gasteiger partial charge in [-0.15, -0.1) is 0 Å². The number of para-hydroxylation sites is 1. The second-order valence-electron chi connectivity index (χ2n) is 10.4. The van der Waals surface area contributed by atoms with Gasteiger partial charge in [0.2, 0.25) is 15.7 Å². The number of nitrogens with zero attached hydrogens (tertiary/aromatic N) is 1. The van der Waals surface area contributed by atoms with Crippen LogP contribution < -0.4 is 10.3 Å². The number of anilines is 1. The first-order valence-corrected chi connectivity index (χ1v) is 16.0. The quantitative estimate of drug-likeness (QED) is 0.148. The number of nitrogens with one attached hydrogen (secondary N) is 1. The predicted octanol–water partition coefficient (Wildman–Crippen LogP) is 3.70. The van der Waals surface area contributed by atoms with E-state index in [4.69, 9.17) is 4.42 Å². The second-order valence-corrected chi connectivity index (χ2v) is 13.7. The molecular formula is C29H28N2O7S2.